The number of rotatable bonds is 5. The van der Waals surface area contributed by atoms with Gasteiger partial charge in [0.15, 0.2) is 0 Å². The molecule has 0 atom stereocenters. The lowest BCUT2D eigenvalue weighted by Crippen LogP contribution is -2.05. The molecule has 92 valence electrons. The molecule has 0 aliphatic heterocycles. The molecule has 0 saturated heterocycles. The highest BCUT2D eigenvalue weighted by atomic mass is 32.2. The zero-order valence-corrected chi connectivity index (χ0v) is 10.2. The number of benzene rings is 1. The zero-order chi connectivity index (χ0) is 12.3. The van der Waals surface area contributed by atoms with E-state index in [2.05, 4.69) is 4.57 Å². The average Bonchev–Trinajstić information content (AvgIpc) is 2.67. The molecule has 2 aromatic rings. The number of para-hydroxylation sites is 1. The highest BCUT2D eigenvalue weighted by Gasteiger charge is 2.04. The Labute approximate surface area is 101 Å². The lowest BCUT2D eigenvalue weighted by atomic mass is 10.2. The van der Waals surface area contributed by atoms with Gasteiger partial charge in [-0.2, -0.15) is 8.42 Å². The van der Waals surface area contributed by atoms with Gasteiger partial charge in [0, 0.05) is 18.3 Å². The number of aromatic nitrogens is 1. The Hall–Kier alpha value is -1.33. The number of unbranched alkanes of at least 4 members (excludes halogenated alkanes) is 1. The summed E-state index contributed by atoms with van der Waals surface area (Å²) in [6.07, 6.45) is 3.21. The minimum absolute atomic E-state index is 0.161. The van der Waals surface area contributed by atoms with Gasteiger partial charge in [-0.3, -0.25) is 4.55 Å². The fourth-order valence-corrected chi connectivity index (χ4v) is 2.47. The summed E-state index contributed by atoms with van der Waals surface area (Å²) in [5.41, 5.74) is 1.15. The third kappa shape index (κ3) is 3.31. The number of nitrogens with zero attached hydrogens (tertiary/aromatic N) is 1. The molecule has 0 radical (unpaired) electrons. The van der Waals surface area contributed by atoms with Gasteiger partial charge in [0.2, 0.25) is 0 Å². The summed E-state index contributed by atoms with van der Waals surface area (Å²) in [6, 6.07) is 10.1. The van der Waals surface area contributed by atoms with Crippen LogP contribution in [0.2, 0.25) is 0 Å². The molecule has 0 spiro atoms. The highest BCUT2D eigenvalue weighted by molar-refractivity contribution is 7.85. The molecular weight excluding hydrogens is 238 g/mol. The van der Waals surface area contributed by atoms with E-state index in [1.807, 2.05) is 36.5 Å². The molecule has 0 aliphatic carbocycles. The first-order valence-corrected chi connectivity index (χ1v) is 7.16. The van der Waals surface area contributed by atoms with E-state index < -0.39 is 10.1 Å². The lowest BCUT2D eigenvalue weighted by Gasteiger charge is -2.04. The Morgan fingerprint density at radius 3 is 2.65 bits per heavy atom. The van der Waals surface area contributed by atoms with Crippen LogP contribution in [0, 0.1) is 0 Å². The fourth-order valence-electron chi connectivity index (χ4n) is 1.90. The van der Waals surface area contributed by atoms with E-state index in [4.69, 9.17) is 4.55 Å². The van der Waals surface area contributed by atoms with Gasteiger partial charge < -0.3 is 4.57 Å². The van der Waals surface area contributed by atoms with Crippen molar-refractivity contribution in [1.82, 2.24) is 4.57 Å². The smallest absolute Gasteiger partial charge is 0.264 e. The Bertz CT molecular complexity index is 601. The van der Waals surface area contributed by atoms with Crippen molar-refractivity contribution in [3.63, 3.8) is 0 Å². The maximum atomic E-state index is 10.6. The van der Waals surface area contributed by atoms with Crippen LogP contribution in [0.5, 0.6) is 0 Å². The Kier molecular flexibility index (Phi) is 3.49. The monoisotopic (exact) mass is 253 g/mol. The molecule has 5 heteroatoms. The van der Waals surface area contributed by atoms with Crippen LogP contribution >= 0.6 is 0 Å². The predicted molar refractivity (Wildman–Crippen MR) is 67.6 cm³/mol. The van der Waals surface area contributed by atoms with Crippen molar-refractivity contribution in [2.24, 2.45) is 0 Å². The van der Waals surface area contributed by atoms with E-state index in [0.717, 1.165) is 18.5 Å². The second-order valence-electron chi connectivity index (χ2n) is 4.06. The SMILES string of the molecule is O=S(=O)(O)CCCCn1ccc2ccccc21. The van der Waals surface area contributed by atoms with Crippen molar-refractivity contribution in [3.8, 4) is 0 Å². The van der Waals surface area contributed by atoms with Crippen LogP contribution in [0.15, 0.2) is 36.5 Å². The van der Waals surface area contributed by atoms with Gasteiger partial charge >= 0.3 is 0 Å². The summed E-state index contributed by atoms with van der Waals surface area (Å²) < 4.78 is 31.8. The van der Waals surface area contributed by atoms with Crippen LogP contribution in [-0.4, -0.2) is 23.3 Å². The van der Waals surface area contributed by atoms with Gasteiger partial charge in [0.1, 0.15) is 0 Å². The van der Waals surface area contributed by atoms with Crippen molar-refractivity contribution in [3.05, 3.63) is 36.5 Å². The van der Waals surface area contributed by atoms with Crippen molar-refractivity contribution in [2.75, 3.05) is 5.75 Å². The maximum absolute atomic E-state index is 10.6. The standard InChI is InChI=1S/C12H15NO3S/c14-17(15,16)10-4-3-8-13-9-7-11-5-1-2-6-12(11)13/h1-2,5-7,9H,3-4,8,10H2,(H,14,15,16). The zero-order valence-electron chi connectivity index (χ0n) is 9.41. The molecule has 0 fully saturated rings. The molecule has 0 amide bonds. The summed E-state index contributed by atoms with van der Waals surface area (Å²) in [6.45, 7) is 0.767. The summed E-state index contributed by atoms with van der Waals surface area (Å²) in [4.78, 5) is 0. The van der Waals surface area contributed by atoms with Crippen LogP contribution in [0.1, 0.15) is 12.8 Å². The maximum Gasteiger partial charge on any atom is 0.264 e. The third-order valence-corrected chi connectivity index (χ3v) is 3.54. The Morgan fingerprint density at radius 1 is 1.12 bits per heavy atom. The molecule has 1 aromatic heterocycles. The van der Waals surface area contributed by atoms with Crippen molar-refractivity contribution < 1.29 is 13.0 Å². The minimum atomic E-state index is -3.82. The van der Waals surface area contributed by atoms with Crippen LogP contribution in [-0.2, 0) is 16.7 Å². The van der Waals surface area contributed by atoms with Crippen molar-refractivity contribution in [2.45, 2.75) is 19.4 Å². The van der Waals surface area contributed by atoms with E-state index in [1.165, 1.54) is 5.39 Å². The van der Waals surface area contributed by atoms with Crippen LogP contribution in [0.4, 0.5) is 0 Å². The molecule has 4 nitrogen and oxygen atoms in total. The molecule has 0 aliphatic rings. The number of fused-ring (bicyclic) bond motifs is 1. The molecular formula is C12H15NO3S. The molecule has 17 heavy (non-hydrogen) atoms. The molecule has 2 rings (SSSR count). The van der Waals surface area contributed by atoms with E-state index in [1.54, 1.807) is 0 Å². The summed E-state index contributed by atoms with van der Waals surface area (Å²) in [7, 11) is -3.82. The number of hydrogen-bond acceptors (Lipinski definition) is 2. The molecule has 0 saturated carbocycles. The van der Waals surface area contributed by atoms with Crippen molar-refractivity contribution in [1.29, 1.82) is 0 Å². The van der Waals surface area contributed by atoms with Gasteiger partial charge in [-0.25, -0.2) is 0 Å². The molecule has 1 aromatic carbocycles. The molecule has 0 bridgehead atoms. The van der Waals surface area contributed by atoms with Crippen molar-refractivity contribution >= 4 is 21.0 Å². The molecule has 1 heterocycles. The van der Waals surface area contributed by atoms with Crippen LogP contribution in [0.25, 0.3) is 10.9 Å². The van der Waals surface area contributed by atoms with Crippen LogP contribution < -0.4 is 0 Å². The first kappa shape index (κ1) is 12.1. The van der Waals surface area contributed by atoms with Crippen LogP contribution in [0.3, 0.4) is 0 Å². The predicted octanol–water partition coefficient (Wildman–Crippen LogP) is 2.31. The first-order valence-electron chi connectivity index (χ1n) is 5.55. The quantitative estimate of drug-likeness (QED) is 0.657. The van der Waals surface area contributed by atoms with Gasteiger partial charge in [-0.1, -0.05) is 18.2 Å². The fraction of sp³-hybridized carbons (Fsp3) is 0.333. The number of aryl methyl sites for hydroxylation is 1. The van der Waals surface area contributed by atoms with E-state index in [-0.39, 0.29) is 5.75 Å². The van der Waals surface area contributed by atoms with Gasteiger partial charge in [-0.15, -0.1) is 0 Å². The number of hydrogen-bond donors (Lipinski definition) is 1. The second kappa shape index (κ2) is 4.89. The lowest BCUT2D eigenvalue weighted by molar-refractivity contribution is 0.478. The summed E-state index contributed by atoms with van der Waals surface area (Å²) in [5, 5.41) is 1.18. The first-order chi connectivity index (χ1) is 8.06. The summed E-state index contributed by atoms with van der Waals surface area (Å²) in [5.74, 6) is -0.161. The second-order valence-corrected chi connectivity index (χ2v) is 5.63. The average molecular weight is 253 g/mol. The minimum Gasteiger partial charge on any atom is -0.347 e. The van der Waals surface area contributed by atoms with Gasteiger partial charge in [0.05, 0.1) is 5.75 Å². The van der Waals surface area contributed by atoms with E-state index in [9.17, 15) is 8.42 Å². The normalized spacial score (nSPS) is 12.1. The topological polar surface area (TPSA) is 59.3 Å². The highest BCUT2D eigenvalue weighted by Crippen LogP contribution is 2.15. The van der Waals surface area contributed by atoms with E-state index >= 15 is 0 Å². The van der Waals surface area contributed by atoms with Gasteiger partial charge in [-0.05, 0) is 30.4 Å². The van der Waals surface area contributed by atoms with E-state index in [0.29, 0.717) is 6.42 Å². The largest absolute Gasteiger partial charge is 0.347 e. The molecule has 0 unspecified atom stereocenters. The van der Waals surface area contributed by atoms with Gasteiger partial charge in [0.25, 0.3) is 10.1 Å². The summed E-state index contributed by atoms with van der Waals surface area (Å²) >= 11 is 0. The molecule has 1 N–H and O–H groups in total. The Balaban J connectivity index is 1.96. The Morgan fingerprint density at radius 2 is 1.88 bits per heavy atom. The third-order valence-electron chi connectivity index (χ3n) is 2.73.